The van der Waals surface area contributed by atoms with Gasteiger partial charge in [-0.05, 0) is 55.0 Å². The van der Waals surface area contributed by atoms with Gasteiger partial charge in [0.15, 0.2) is 0 Å². The molecule has 2 heterocycles. The summed E-state index contributed by atoms with van der Waals surface area (Å²) in [5.41, 5.74) is 4.09. The molecule has 1 N–H and O–H groups in total. The molecule has 1 aromatic heterocycles. The summed E-state index contributed by atoms with van der Waals surface area (Å²) in [6.07, 6.45) is 3.62. The molecule has 0 bridgehead atoms. The molecule has 28 heavy (non-hydrogen) atoms. The minimum atomic E-state index is -0.404. The molecule has 1 saturated heterocycles. The quantitative estimate of drug-likeness (QED) is 0.479. The lowest BCUT2D eigenvalue weighted by Gasteiger charge is -2.12. The number of imide groups is 1. The lowest BCUT2D eigenvalue weighted by atomic mass is 10.1. The number of halogens is 1. The SMILES string of the molecule is Cc1ccc(CN2C(=O)N/C(=C/c3cccn3-c3ccc(Br)cc3)C2=O)cc1. The van der Waals surface area contributed by atoms with Crippen LogP contribution >= 0.6 is 15.9 Å². The lowest BCUT2D eigenvalue weighted by Crippen LogP contribution is -2.30. The van der Waals surface area contributed by atoms with Crippen molar-refractivity contribution in [3.63, 3.8) is 0 Å². The number of nitrogens with zero attached hydrogens (tertiary/aromatic N) is 2. The van der Waals surface area contributed by atoms with Gasteiger partial charge in [-0.3, -0.25) is 9.69 Å². The molecule has 0 spiro atoms. The van der Waals surface area contributed by atoms with Gasteiger partial charge >= 0.3 is 6.03 Å². The molecule has 2 aromatic carbocycles. The first-order valence-corrected chi connectivity index (χ1v) is 9.64. The van der Waals surface area contributed by atoms with Gasteiger partial charge in [0.2, 0.25) is 0 Å². The number of hydrogen-bond acceptors (Lipinski definition) is 2. The van der Waals surface area contributed by atoms with Crippen molar-refractivity contribution in [3.05, 3.63) is 93.9 Å². The second-order valence-electron chi connectivity index (χ2n) is 6.64. The number of aryl methyl sites for hydroxylation is 1. The first kappa shape index (κ1) is 18.3. The number of nitrogens with one attached hydrogen (secondary N) is 1. The van der Waals surface area contributed by atoms with Gasteiger partial charge < -0.3 is 9.88 Å². The van der Waals surface area contributed by atoms with Crippen LogP contribution in [0.15, 0.2) is 77.0 Å². The van der Waals surface area contributed by atoms with E-state index in [0.29, 0.717) is 0 Å². The van der Waals surface area contributed by atoms with Crippen LogP contribution in [0.3, 0.4) is 0 Å². The van der Waals surface area contributed by atoms with Crippen LogP contribution in [-0.4, -0.2) is 21.4 Å². The summed E-state index contributed by atoms with van der Waals surface area (Å²) in [5.74, 6) is -0.325. The second-order valence-corrected chi connectivity index (χ2v) is 7.56. The molecule has 0 unspecified atom stereocenters. The normalized spacial score (nSPS) is 15.4. The van der Waals surface area contributed by atoms with Gasteiger partial charge in [0.05, 0.1) is 6.54 Å². The Morgan fingerprint density at radius 1 is 1.00 bits per heavy atom. The van der Waals surface area contributed by atoms with E-state index in [-0.39, 0.29) is 18.1 Å². The van der Waals surface area contributed by atoms with Crippen molar-refractivity contribution >= 4 is 33.9 Å². The lowest BCUT2D eigenvalue weighted by molar-refractivity contribution is -0.123. The van der Waals surface area contributed by atoms with Crippen molar-refractivity contribution in [1.29, 1.82) is 0 Å². The zero-order chi connectivity index (χ0) is 19.7. The first-order chi connectivity index (χ1) is 13.5. The molecule has 0 aliphatic carbocycles. The summed E-state index contributed by atoms with van der Waals surface area (Å²) >= 11 is 3.43. The van der Waals surface area contributed by atoms with Crippen molar-refractivity contribution < 1.29 is 9.59 Å². The van der Waals surface area contributed by atoms with E-state index in [0.717, 1.165) is 27.0 Å². The first-order valence-electron chi connectivity index (χ1n) is 8.85. The summed E-state index contributed by atoms with van der Waals surface area (Å²) in [6.45, 7) is 2.24. The smallest absolute Gasteiger partial charge is 0.317 e. The fourth-order valence-electron chi connectivity index (χ4n) is 3.09. The standard InChI is InChI=1S/C22H18BrN3O2/c1-15-4-6-16(7-5-15)14-26-21(27)20(24-22(26)28)13-19-3-2-12-25(19)18-10-8-17(23)9-11-18/h2-13H,14H2,1H3,(H,24,28)/b20-13+. The average molecular weight is 436 g/mol. The molecule has 1 fully saturated rings. The number of benzene rings is 2. The van der Waals surface area contributed by atoms with Gasteiger partial charge in [0, 0.05) is 22.1 Å². The Morgan fingerprint density at radius 2 is 1.71 bits per heavy atom. The Labute approximate surface area is 171 Å². The third kappa shape index (κ3) is 3.64. The third-order valence-corrected chi connectivity index (χ3v) is 5.13. The molecule has 3 aromatic rings. The van der Waals surface area contributed by atoms with Gasteiger partial charge in [-0.25, -0.2) is 4.79 Å². The molecular formula is C22H18BrN3O2. The van der Waals surface area contributed by atoms with Gasteiger partial charge in [0.1, 0.15) is 5.70 Å². The van der Waals surface area contributed by atoms with Crippen LogP contribution in [0.1, 0.15) is 16.8 Å². The number of urea groups is 1. The highest BCUT2D eigenvalue weighted by atomic mass is 79.9. The molecule has 0 saturated carbocycles. The Bertz CT molecular complexity index is 1070. The predicted octanol–water partition coefficient (Wildman–Crippen LogP) is 4.64. The summed E-state index contributed by atoms with van der Waals surface area (Å²) in [4.78, 5) is 26.3. The Hall–Kier alpha value is -3.12. The van der Waals surface area contributed by atoms with Crippen LogP contribution in [0.5, 0.6) is 0 Å². The fraction of sp³-hybridized carbons (Fsp3) is 0.0909. The zero-order valence-corrected chi connectivity index (χ0v) is 16.8. The van der Waals surface area contributed by atoms with E-state index in [1.54, 1.807) is 6.08 Å². The van der Waals surface area contributed by atoms with Crippen molar-refractivity contribution in [2.24, 2.45) is 0 Å². The molecule has 1 aliphatic heterocycles. The molecule has 0 atom stereocenters. The Morgan fingerprint density at radius 3 is 2.43 bits per heavy atom. The molecule has 4 rings (SSSR count). The van der Waals surface area contributed by atoms with Crippen LogP contribution in [0, 0.1) is 6.92 Å². The van der Waals surface area contributed by atoms with Gasteiger partial charge in [0.25, 0.3) is 5.91 Å². The van der Waals surface area contributed by atoms with Crippen molar-refractivity contribution in [2.75, 3.05) is 0 Å². The van der Waals surface area contributed by atoms with E-state index in [1.807, 2.05) is 78.4 Å². The number of carbonyl (C=O) groups is 2. The van der Waals surface area contributed by atoms with E-state index in [1.165, 1.54) is 4.90 Å². The predicted molar refractivity (Wildman–Crippen MR) is 112 cm³/mol. The minimum Gasteiger partial charge on any atom is -0.317 e. The average Bonchev–Trinajstić information content (AvgIpc) is 3.24. The van der Waals surface area contributed by atoms with Crippen LogP contribution < -0.4 is 5.32 Å². The van der Waals surface area contributed by atoms with Gasteiger partial charge in [-0.1, -0.05) is 45.8 Å². The largest absolute Gasteiger partial charge is 0.329 e. The maximum atomic E-state index is 12.8. The molecule has 140 valence electrons. The summed E-state index contributed by atoms with van der Waals surface area (Å²) in [5, 5.41) is 2.69. The van der Waals surface area contributed by atoms with Crippen molar-refractivity contribution in [1.82, 2.24) is 14.8 Å². The third-order valence-electron chi connectivity index (χ3n) is 4.60. The molecule has 5 nitrogen and oxygen atoms in total. The van der Waals surface area contributed by atoms with Crippen LogP contribution in [0.25, 0.3) is 11.8 Å². The molecular weight excluding hydrogens is 418 g/mol. The van der Waals surface area contributed by atoms with E-state index in [2.05, 4.69) is 21.2 Å². The summed E-state index contributed by atoms with van der Waals surface area (Å²) < 4.78 is 2.95. The van der Waals surface area contributed by atoms with Crippen molar-refractivity contribution in [3.8, 4) is 5.69 Å². The minimum absolute atomic E-state index is 0.246. The summed E-state index contributed by atoms with van der Waals surface area (Å²) in [6, 6.07) is 19.1. The number of hydrogen-bond donors (Lipinski definition) is 1. The van der Waals surface area contributed by atoms with Crippen LogP contribution in [0.4, 0.5) is 4.79 Å². The number of rotatable bonds is 4. The van der Waals surface area contributed by atoms with E-state index in [4.69, 9.17) is 0 Å². The molecule has 1 aliphatic rings. The monoisotopic (exact) mass is 435 g/mol. The Kier molecular flexibility index (Phi) is 4.88. The highest BCUT2D eigenvalue weighted by Crippen LogP contribution is 2.21. The van der Waals surface area contributed by atoms with Crippen LogP contribution in [0.2, 0.25) is 0 Å². The highest BCUT2D eigenvalue weighted by molar-refractivity contribution is 9.10. The number of carbonyl (C=O) groups excluding carboxylic acids is 2. The second kappa shape index (κ2) is 7.48. The van der Waals surface area contributed by atoms with E-state index < -0.39 is 6.03 Å². The van der Waals surface area contributed by atoms with Gasteiger partial charge in [-0.15, -0.1) is 0 Å². The zero-order valence-electron chi connectivity index (χ0n) is 15.2. The topological polar surface area (TPSA) is 54.3 Å². The highest BCUT2D eigenvalue weighted by Gasteiger charge is 2.33. The molecule has 3 amide bonds. The Balaban J connectivity index is 1.59. The maximum absolute atomic E-state index is 12.8. The summed E-state index contributed by atoms with van der Waals surface area (Å²) in [7, 11) is 0. The number of aromatic nitrogens is 1. The molecule has 6 heteroatoms. The fourth-order valence-corrected chi connectivity index (χ4v) is 3.35. The van der Waals surface area contributed by atoms with Gasteiger partial charge in [-0.2, -0.15) is 0 Å². The van der Waals surface area contributed by atoms with E-state index >= 15 is 0 Å². The van der Waals surface area contributed by atoms with Crippen LogP contribution in [-0.2, 0) is 11.3 Å². The number of amides is 3. The maximum Gasteiger partial charge on any atom is 0.329 e. The van der Waals surface area contributed by atoms with E-state index in [9.17, 15) is 9.59 Å². The van der Waals surface area contributed by atoms with Crippen molar-refractivity contribution in [2.45, 2.75) is 13.5 Å². The molecule has 0 radical (unpaired) electrons.